The lowest BCUT2D eigenvalue weighted by Crippen LogP contribution is -2.23. The molecule has 10 nitrogen and oxygen atoms in total. The standard InChI is InChI=1S/C20H22F3N7O3S/c1-20(22,23)33-14-5-3-4-12(8-14)9-25-18(32)19-28-27-16(34-19)7-6-13(21)10-30-11-15(26-29-30)17(31)24-2/h3-5,8,11,13H,6-7,9-10H2,1-2H3,(H,24,31)(H,25,32). The molecule has 14 heteroatoms. The van der Waals surface area contributed by atoms with Crippen molar-refractivity contribution >= 4 is 23.2 Å². The Labute approximate surface area is 196 Å². The topological polar surface area (TPSA) is 124 Å². The SMILES string of the molecule is CNC(=O)c1cn(CC(F)CCc2nnc(C(=O)NCc3cccc(OC(C)(F)F)c3)s2)nn1. The highest BCUT2D eigenvalue weighted by Gasteiger charge is 2.23. The summed E-state index contributed by atoms with van der Waals surface area (Å²) in [7, 11) is 1.46. The van der Waals surface area contributed by atoms with Crippen molar-refractivity contribution < 1.29 is 27.5 Å². The third-order valence-electron chi connectivity index (χ3n) is 4.36. The van der Waals surface area contributed by atoms with Crippen LogP contribution in [0.15, 0.2) is 30.5 Å². The quantitative estimate of drug-likeness (QED) is 0.417. The first kappa shape index (κ1) is 25.1. The molecule has 1 atom stereocenters. The second-order valence-electron chi connectivity index (χ2n) is 7.28. The van der Waals surface area contributed by atoms with Gasteiger partial charge >= 0.3 is 6.11 Å². The summed E-state index contributed by atoms with van der Waals surface area (Å²) in [6, 6.07) is 5.98. The van der Waals surface area contributed by atoms with Gasteiger partial charge in [-0.2, -0.15) is 8.78 Å². The molecule has 0 spiro atoms. The van der Waals surface area contributed by atoms with Crippen molar-refractivity contribution in [3.05, 3.63) is 51.7 Å². The van der Waals surface area contributed by atoms with Gasteiger partial charge in [0.15, 0.2) is 5.69 Å². The maximum Gasteiger partial charge on any atom is 0.394 e. The van der Waals surface area contributed by atoms with E-state index in [1.165, 1.54) is 36.1 Å². The largest absolute Gasteiger partial charge is 0.433 e. The Morgan fingerprint density at radius 2 is 2.03 bits per heavy atom. The molecule has 0 saturated carbocycles. The normalized spacial score (nSPS) is 12.3. The van der Waals surface area contributed by atoms with Gasteiger partial charge in [0.2, 0.25) is 5.01 Å². The number of carbonyl (C=O) groups is 2. The second kappa shape index (κ2) is 11.0. The molecule has 2 heterocycles. The van der Waals surface area contributed by atoms with Gasteiger partial charge < -0.3 is 15.4 Å². The molecule has 0 aliphatic heterocycles. The van der Waals surface area contributed by atoms with Crippen LogP contribution in [-0.2, 0) is 19.5 Å². The maximum absolute atomic E-state index is 14.3. The van der Waals surface area contributed by atoms with Gasteiger partial charge in [0.1, 0.15) is 16.9 Å². The van der Waals surface area contributed by atoms with Crippen LogP contribution in [0.5, 0.6) is 5.75 Å². The molecule has 34 heavy (non-hydrogen) atoms. The molecule has 1 unspecified atom stereocenters. The average molecular weight is 498 g/mol. The summed E-state index contributed by atoms with van der Waals surface area (Å²) in [5.74, 6) is -0.920. The number of ether oxygens (including phenoxy) is 1. The van der Waals surface area contributed by atoms with Crippen LogP contribution in [-0.4, -0.2) is 56.3 Å². The highest BCUT2D eigenvalue weighted by Crippen LogP contribution is 2.22. The summed E-state index contributed by atoms with van der Waals surface area (Å²) in [5, 5.41) is 20.8. The van der Waals surface area contributed by atoms with Gasteiger partial charge in [-0.1, -0.05) is 28.7 Å². The minimum atomic E-state index is -3.31. The number of nitrogens with zero attached hydrogens (tertiary/aromatic N) is 5. The lowest BCUT2D eigenvalue weighted by Gasteiger charge is -2.13. The van der Waals surface area contributed by atoms with E-state index in [-0.39, 0.29) is 42.4 Å². The maximum atomic E-state index is 14.3. The summed E-state index contributed by atoms with van der Waals surface area (Å²) in [4.78, 5) is 23.8. The van der Waals surface area contributed by atoms with Gasteiger partial charge in [0.25, 0.3) is 11.8 Å². The third-order valence-corrected chi connectivity index (χ3v) is 5.35. The number of carbonyl (C=O) groups excluding carboxylic acids is 2. The fraction of sp³-hybridized carbons (Fsp3) is 0.400. The molecule has 0 saturated heterocycles. The number of nitrogens with one attached hydrogen (secondary N) is 2. The van der Waals surface area contributed by atoms with Crippen LogP contribution in [0.25, 0.3) is 0 Å². The fourth-order valence-corrected chi connectivity index (χ4v) is 3.60. The summed E-state index contributed by atoms with van der Waals surface area (Å²) in [6.07, 6.45) is -2.86. The molecule has 3 rings (SSSR count). The molecule has 0 aliphatic rings. The van der Waals surface area contributed by atoms with Crippen LogP contribution in [0.2, 0.25) is 0 Å². The Balaban J connectivity index is 1.46. The zero-order valence-corrected chi connectivity index (χ0v) is 19.1. The number of amides is 2. The van der Waals surface area contributed by atoms with E-state index in [1.807, 2.05) is 0 Å². The number of alkyl halides is 3. The molecule has 0 aliphatic carbocycles. The minimum Gasteiger partial charge on any atom is -0.433 e. The van der Waals surface area contributed by atoms with Crippen molar-refractivity contribution in [2.75, 3.05) is 7.05 Å². The Bertz CT molecular complexity index is 1130. The van der Waals surface area contributed by atoms with E-state index in [4.69, 9.17) is 0 Å². The molecule has 0 radical (unpaired) electrons. The molecular formula is C20H22F3N7O3S. The molecule has 2 N–H and O–H groups in total. The van der Waals surface area contributed by atoms with Crippen LogP contribution < -0.4 is 15.4 Å². The van der Waals surface area contributed by atoms with Crippen molar-refractivity contribution in [3.63, 3.8) is 0 Å². The van der Waals surface area contributed by atoms with Crippen LogP contribution in [0.1, 0.15) is 44.2 Å². The predicted molar refractivity (Wildman–Crippen MR) is 115 cm³/mol. The van der Waals surface area contributed by atoms with Crippen LogP contribution in [0.4, 0.5) is 13.2 Å². The number of aromatic nitrogens is 5. The Hall–Kier alpha value is -3.55. The molecule has 2 amide bonds. The van der Waals surface area contributed by atoms with Crippen molar-refractivity contribution in [2.45, 2.75) is 45.1 Å². The lowest BCUT2D eigenvalue weighted by atomic mass is 10.2. The second-order valence-corrected chi connectivity index (χ2v) is 8.34. The molecule has 182 valence electrons. The Kier molecular flexibility index (Phi) is 8.15. The summed E-state index contributed by atoms with van der Waals surface area (Å²) in [5.41, 5.74) is 0.657. The zero-order valence-electron chi connectivity index (χ0n) is 18.3. The highest BCUT2D eigenvalue weighted by atomic mass is 32.1. The number of hydrogen-bond donors (Lipinski definition) is 2. The third kappa shape index (κ3) is 7.50. The first-order valence-electron chi connectivity index (χ1n) is 10.2. The lowest BCUT2D eigenvalue weighted by molar-refractivity contribution is -0.159. The number of rotatable bonds is 11. The smallest absolute Gasteiger partial charge is 0.394 e. The molecule has 1 aromatic carbocycles. The first-order valence-corrected chi connectivity index (χ1v) is 11.0. The van der Waals surface area contributed by atoms with Gasteiger partial charge in [-0.15, -0.1) is 15.3 Å². The Morgan fingerprint density at radius 1 is 1.24 bits per heavy atom. The van der Waals surface area contributed by atoms with Crippen LogP contribution in [0, 0.1) is 0 Å². The average Bonchev–Trinajstić information content (AvgIpc) is 3.44. The van der Waals surface area contributed by atoms with Crippen molar-refractivity contribution in [1.82, 2.24) is 35.8 Å². The predicted octanol–water partition coefficient (Wildman–Crippen LogP) is 2.38. The summed E-state index contributed by atoms with van der Waals surface area (Å²) < 4.78 is 46.1. The van der Waals surface area contributed by atoms with E-state index < -0.39 is 24.1 Å². The number of hydrogen-bond acceptors (Lipinski definition) is 8. The first-order chi connectivity index (χ1) is 16.1. The monoisotopic (exact) mass is 497 g/mol. The van der Waals surface area contributed by atoms with E-state index in [9.17, 15) is 22.8 Å². The van der Waals surface area contributed by atoms with Crippen LogP contribution >= 0.6 is 11.3 Å². The molecule has 0 fully saturated rings. The molecule has 0 bridgehead atoms. The highest BCUT2D eigenvalue weighted by molar-refractivity contribution is 7.13. The molecule has 3 aromatic rings. The number of aryl methyl sites for hydroxylation is 1. The van der Waals surface area contributed by atoms with Gasteiger partial charge in [-0.3, -0.25) is 9.59 Å². The fourth-order valence-electron chi connectivity index (χ4n) is 2.82. The van der Waals surface area contributed by atoms with Gasteiger partial charge in [-0.25, -0.2) is 9.07 Å². The summed E-state index contributed by atoms with van der Waals surface area (Å²) >= 11 is 1.03. The van der Waals surface area contributed by atoms with E-state index in [0.717, 1.165) is 11.3 Å². The van der Waals surface area contributed by atoms with E-state index in [1.54, 1.807) is 6.07 Å². The van der Waals surface area contributed by atoms with Crippen molar-refractivity contribution in [1.29, 1.82) is 0 Å². The van der Waals surface area contributed by atoms with Gasteiger partial charge in [0.05, 0.1) is 12.7 Å². The summed E-state index contributed by atoms with van der Waals surface area (Å²) in [6.45, 7) is 0.628. The number of halogens is 3. The van der Waals surface area contributed by atoms with Crippen LogP contribution in [0.3, 0.4) is 0 Å². The van der Waals surface area contributed by atoms with E-state index >= 15 is 0 Å². The number of benzene rings is 1. The van der Waals surface area contributed by atoms with Crippen molar-refractivity contribution in [2.24, 2.45) is 0 Å². The van der Waals surface area contributed by atoms with Crippen molar-refractivity contribution in [3.8, 4) is 5.75 Å². The molecular weight excluding hydrogens is 475 g/mol. The van der Waals surface area contributed by atoms with Gasteiger partial charge in [-0.05, 0) is 24.1 Å². The Morgan fingerprint density at radius 3 is 2.76 bits per heavy atom. The zero-order chi connectivity index (χ0) is 24.7. The molecule has 2 aromatic heterocycles. The van der Waals surface area contributed by atoms with Gasteiger partial charge in [0, 0.05) is 26.9 Å². The van der Waals surface area contributed by atoms with E-state index in [2.05, 4.69) is 35.9 Å². The van der Waals surface area contributed by atoms with E-state index in [0.29, 0.717) is 17.5 Å². The minimum absolute atomic E-state index is 0.0195.